The number of hydrazone groups is 1. The van der Waals surface area contributed by atoms with Gasteiger partial charge in [-0.3, -0.25) is 9.98 Å². The van der Waals surface area contributed by atoms with Gasteiger partial charge in [-0.05, 0) is 24.5 Å². The van der Waals surface area contributed by atoms with E-state index in [1.807, 2.05) is 43.3 Å². The van der Waals surface area contributed by atoms with E-state index in [0.717, 1.165) is 41.6 Å². The Balaban J connectivity index is 2.25. The summed E-state index contributed by atoms with van der Waals surface area (Å²) < 4.78 is 0. The largest absolute Gasteiger partial charge is 0.385 e. The number of nitrogens with two attached hydrogens (primary N) is 3. The van der Waals surface area contributed by atoms with Gasteiger partial charge in [-0.15, -0.1) is 0 Å². The van der Waals surface area contributed by atoms with Crippen molar-refractivity contribution in [3.63, 3.8) is 0 Å². The van der Waals surface area contributed by atoms with E-state index in [1.165, 1.54) is 0 Å². The van der Waals surface area contributed by atoms with Crippen LogP contribution in [-0.4, -0.2) is 40.2 Å². The van der Waals surface area contributed by atoms with Crippen LogP contribution in [0, 0.1) is 0 Å². The van der Waals surface area contributed by atoms with E-state index in [2.05, 4.69) is 27.0 Å². The van der Waals surface area contributed by atoms with Gasteiger partial charge in [-0.1, -0.05) is 57.0 Å². The minimum absolute atomic E-state index is 0.201. The highest BCUT2D eigenvalue weighted by atomic mass is 16.3. The van der Waals surface area contributed by atoms with Crippen LogP contribution >= 0.6 is 0 Å². The maximum atomic E-state index is 10.1. The molecule has 8 nitrogen and oxygen atoms in total. The van der Waals surface area contributed by atoms with E-state index in [0.29, 0.717) is 25.2 Å². The van der Waals surface area contributed by atoms with Gasteiger partial charge in [0, 0.05) is 30.3 Å². The Bertz CT molecular complexity index is 920. The predicted molar refractivity (Wildman–Crippen MR) is 128 cm³/mol. The molecule has 0 radical (unpaired) electrons. The van der Waals surface area contributed by atoms with Crippen molar-refractivity contribution in [3.8, 4) is 11.3 Å². The van der Waals surface area contributed by atoms with E-state index in [1.54, 1.807) is 6.20 Å². The highest BCUT2D eigenvalue weighted by Crippen LogP contribution is 2.22. The van der Waals surface area contributed by atoms with Gasteiger partial charge < -0.3 is 22.4 Å². The molecule has 1 atom stereocenters. The van der Waals surface area contributed by atoms with Gasteiger partial charge in [0.2, 0.25) is 0 Å². The first-order valence-electron chi connectivity index (χ1n) is 10.6. The van der Waals surface area contributed by atoms with Gasteiger partial charge in [0.05, 0.1) is 5.69 Å². The Hall–Kier alpha value is -3.26. The van der Waals surface area contributed by atoms with Crippen molar-refractivity contribution < 1.29 is 5.11 Å². The average molecular weight is 424 g/mol. The lowest BCUT2D eigenvalue weighted by molar-refractivity contribution is 0.228. The molecule has 0 amide bonds. The number of rotatable bonds is 10. The van der Waals surface area contributed by atoms with Gasteiger partial charge in [-0.2, -0.15) is 5.10 Å². The fraction of sp³-hybridized carbons (Fsp3) is 0.391. The standard InChI is InChI=1S/C23H33N7O/c1-3-5-13-27-21(29-23(25)20(31)8-4-2)14-16-11-12-19(28-15-16)17-9-6-7-10-18(17)22(24)30-26/h6-7,9-12,15,20,31H,3-5,8,13-14,26H2,1-2H3,(H2,24,30)(H2,25,27,29). The second-order valence-corrected chi connectivity index (χ2v) is 7.28. The molecule has 2 rings (SSSR count). The number of aliphatic imine (C=N–C) groups is 2. The van der Waals surface area contributed by atoms with Crippen molar-refractivity contribution >= 4 is 17.5 Å². The van der Waals surface area contributed by atoms with E-state index in [4.69, 9.17) is 17.3 Å². The Morgan fingerprint density at radius 2 is 1.87 bits per heavy atom. The molecule has 2 aromatic rings. The number of amidine groups is 3. The lowest BCUT2D eigenvalue weighted by atomic mass is 10.0. The second kappa shape index (κ2) is 12.4. The van der Waals surface area contributed by atoms with E-state index in [9.17, 15) is 5.11 Å². The van der Waals surface area contributed by atoms with Crippen LogP contribution in [0.3, 0.4) is 0 Å². The van der Waals surface area contributed by atoms with Crippen LogP contribution in [0.5, 0.6) is 0 Å². The van der Waals surface area contributed by atoms with Crippen molar-refractivity contribution in [2.75, 3.05) is 6.54 Å². The highest BCUT2D eigenvalue weighted by molar-refractivity contribution is 6.03. The van der Waals surface area contributed by atoms with Gasteiger partial charge in [0.25, 0.3) is 0 Å². The normalized spacial score (nSPS) is 14.0. The number of benzene rings is 1. The summed E-state index contributed by atoms with van der Waals surface area (Å²) in [6.07, 6.45) is 4.91. The maximum absolute atomic E-state index is 10.1. The Morgan fingerprint density at radius 1 is 1.10 bits per heavy atom. The molecule has 0 bridgehead atoms. The monoisotopic (exact) mass is 423 g/mol. The molecule has 166 valence electrons. The molecule has 1 aromatic carbocycles. The smallest absolute Gasteiger partial charge is 0.150 e. The molecule has 0 saturated carbocycles. The minimum Gasteiger partial charge on any atom is -0.385 e. The number of unbranched alkanes of at least 4 members (excludes halogenated alkanes) is 1. The summed E-state index contributed by atoms with van der Waals surface area (Å²) in [6, 6.07) is 11.5. The molecular formula is C23H33N7O. The minimum atomic E-state index is -0.756. The van der Waals surface area contributed by atoms with Crippen molar-refractivity contribution in [3.05, 3.63) is 53.7 Å². The third-order valence-electron chi connectivity index (χ3n) is 4.77. The zero-order valence-electron chi connectivity index (χ0n) is 18.3. The quantitative estimate of drug-likeness (QED) is 0.152. The molecule has 0 fully saturated rings. The molecule has 0 saturated heterocycles. The molecule has 1 aromatic heterocycles. The first-order valence-corrected chi connectivity index (χ1v) is 10.6. The Kier molecular flexibility index (Phi) is 9.64. The summed E-state index contributed by atoms with van der Waals surface area (Å²) in [5.41, 5.74) is 15.2. The van der Waals surface area contributed by atoms with E-state index < -0.39 is 6.10 Å². The van der Waals surface area contributed by atoms with Gasteiger partial charge in [0.1, 0.15) is 17.8 Å². The fourth-order valence-electron chi connectivity index (χ4n) is 3.01. The van der Waals surface area contributed by atoms with E-state index >= 15 is 0 Å². The molecule has 0 aliphatic rings. The Morgan fingerprint density at radius 3 is 2.52 bits per heavy atom. The third-order valence-corrected chi connectivity index (χ3v) is 4.77. The number of hydrogen-bond acceptors (Lipinski definition) is 5. The molecular weight excluding hydrogens is 390 g/mol. The summed E-state index contributed by atoms with van der Waals surface area (Å²) >= 11 is 0. The molecule has 1 heterocycles. The van der Waals surface area contributed by atoms with Crippen LogP contribution in [0.1, 0.15) is 50.7 Å². The van der Waals surface area contributed by atoms with Crippen LogP contribution in [0.15, 0.2) is 57.7 Å². The first kappa shape index (κ1) is 24.0. The Labute approximate surface area is 184 Å². The van der Waals surface area contributed by atoms with Crippen LogP contribution in [-0.2, 0) is 6.42 Å². The number of nitrogens with zero attached hydrogens (tertiary/aromatic N) is 4. The van der Waals surface area contributed by atoms with Gasteiger partial charge in [-0.25, -0.2) is 4.99 Å². The van der Waals surface area contributed by atoms with Crippen molar-refractivity contribution in [1.82, 2.24) is 4.98 Å². The molecule has 0 aliphatic carbocycles. The zero-order chi connectivity index (χ0) is 22.6. The summed E-state index contributed by atoms with van der Waals surface area (Å²) in [7, 11) is 0. The second-order valence-electron chi connectivity index (χ2n) is 7.28. The number of pyridine rings is 1. The number of aromatic nitrogens is 1. The van der Waals surface area contributed by atoms with Crippen LogP contribution in [0.4, 0.5) is 0 Å². The maximum Gasteiger partial charge on any atom is 0.150 e. The SMILES string of the molecule is CCCCN=C(Cc1ccc(-c2ccccc2/C(N)=N/N)nc1)N=C(N)C(O)CCC. The lowest BCUT2D eigenvalue weighted by Crippen LogP contribution is -2.30. The highest BCUT2D eigenvalue weighted by Gasteiger charge is 2.12. The summed E-state index contributed by atoms with van der Waals surface area (Å²) in [5, 5.41) is 13.7. The van der Waals surface area contributed by atoms with E-state index in [-0.39, 0.29) is 11.7 Å². The fourth-order valence-corrected chi connectivity index (χ4v) is 3.01. The van der Waals surface area contributed by atoms with Crippen LogP contribution in [0.25, 0.3) is 11.3 Å². The van der Waals surface area contributed by atoms with Crippen LogP contribution < -0.4 is 17.3 Å². The average Bonchev–Trinajstić information content (AvgIpc) is 2.79. The molecule has 0 aliphatic heterocycles. The predicted octanol–water partition coefficient (Wildman–Crippen LogP) is 2.59. The lowest BCUT2D eigenvalue weighted by Gasteiger charge is -2.11. The molecule has 1 unspecified atom stereocenters. The van der Waals surface area contributed by atoms with Gasteiger partial charge >= 0.3 is 0 Å². The molecule has 8 heteroatoms. The number of aliphatic hydroxyl groups excluding tert-OH is 1. The summed E-state index contributed by atoms with van der Waals surface area (Å²) in [6.45, 7) is 4.77. The molecule has 31 heavy (non-hydrogen) atoms. The third kappa shape index (κ3) is 7.18. The summed E-state index contributed by atoms with van der Waals surface area (Å²) in [5.74, 6) is 6.39. The zero-order valence-corrected chi connectivity index (χ0v) is 18.3. The topological polar surface area (TPSA) is 148 Å². The van der Waals surface area contributed by atoms with Crippen molar-refractivity contribution in [2.24, 2.45) is 32.4 Å². The molecule has 0 spiro atoms. The summed E-state index contributed by atoms with van der Waals surface area (Å²) in [4.78, 5) is 13.6. The molecule has 7 N–H and O–H groups in total. The number of hydrogen-bond donors (Lipinski definition) is 4. The van der Waals surface area contributed by atoms with Crippen molar-refractivity contribution in [1.29, 1.82) is 0 Å². The van der Waals surface area contributed by atoms with Crippen molar-refractivity contribution in [2.45, 2.75) is 52.1 Å². The number of aliphatic hydroxyl groups is 1. The first-order chi connectivity index (χ1) is 15.0. The van der Waals surface area contributed by atoms with Gasteiger partial charge in [0.15, 0.2) is 5.84 Å². The van der Waals surface area contributed by atoms with Crippen LogP contribution in [0.2, 0.25) is 0 Å².